The van der Waals surface area contributed by atoms with Crippen LogP contribution >= 0.6 is 0 Å². The van der Waals surface area contributed by atoms with E-state index in [4.69, 9.17) is 0 Å². The quantitative estimate of drug-likeness (QED) is 0.731. The number of rotatable bonds is 5. The SMILES string of the molecule is CCCNC(C(C)C)C1C2CCCCC21. The molecule has 0 spiro atoms. The van der Waals surface area contributed by atoms with E-state index < -0.39 is 0 Å². The van der Waals surface area contributed by atoms with Crippen LogP contribution in [0.1, 0.15) is 52.9 Å². The van der Waals surface area contributed by atoms with Crippen molar-refractivity contribution in [3.8, 4) is 0 Å². The minimum absolute atomic E-state index is 0.804. The molecule has 2 saturated carbocycles. The average molecular weight is 209 g/mol. The van der Waals surface area contributed by atoms with E-state index in [9.17, 15) is 0 Å². The van der Waals surface area contributed by atoms with Crippen molar-refractivity contribution in [2.45, 2.75) is 58.9 Å². The summed E-state index contributed by atoms with van der Waals surface area (Å²) in [7, 11) is 0. The smallest absolute Gasteiger partial charge is 0.0124 e. The standard InChI is InChI=1S/C14H27N/c1-4-9-15-14(10(2)3)13-11-7-5-6-8-12(11)13/h10-15H,4-9H2,1-3H3. The van der Waals surface area contributed by atoms with E-state index in [1.807, 2.05) is 0 Å². The normalized spacial score (nSPS) is 36.4. The lowest BCUT2D eigenvalue weighted by atomic mass is 9.97. The van der Waals surface area contributed by atoms with Crippen molar-refractivity contribution in [3.05, 3.63) is 0 Å². The molecule has 3 atom stereocenters. The van der Waals surface area contributed by atoms with Gasteiger partial charge in [0.05, 0.1) is 0 Å². The van der Waals surface area contributed by atoms with Crippen LogP contribution in [0.3, 0.4) is 0 Å². The van der Waals surface area contributed by atoms with E-state index in [1.165, 1.54) is 38.6 Å². The van der Waals surface area contributed by atoms with Gasteiger partial charge in [0.2, 0.25) is 0 Å². The highest BCUT2D eigenvalue weighted by Gasteiger charge is 2.54. The molecular weight excluding hydrogens is 182 g/mol. The first kappa shape index (κ1) is 11.4. The summed E-state index contributed by atoms with van der Waals surface area (Å²) in [5.41, 5.74) is 0. The summed E-state index contributed by atoms with van der Waals surface area (Å²) < 4.78 is 0. The average Bonchev–Trinajstić information content (AvgIpc) is 2.93. The Hall–Kier alpha value is -0.0400. The number of fused-ring (bicyclic) bond motifs is 1. The summed E-state index contributed by atoms with van der Waals surface area (Å²) in [5.74, 6) is 4.03. The molecule has 1 heteroatoms. The van der Waals surface area contributed by atoms with Gasteiger partial charge in [-0.25, -0.2) is 0 Å². The topological polar surface area (TPSA) is 12.0 Å². The molecule has 0 aliphatic heterocycles. The maximum absolute atomic E-state index is 3.79. The molecule has 0 radical (unpaired) electrons. The maximum Gasteiger partial charge on any atom is 0.0124 e. The summed E-state index contributed by atoms with van der Waals surface area (Å²) in [4.78, 5) is 0. The van der Waals surface area contributed by atoms with Crippen molar-refractivity contribution in [3.63, 3.8) is 0 Å². The second kappa shape index (κ2) is 4.86. The highest BCUT2D eigenvalue weighted by atomic mass is 14.9. The van der Waals surface area contributed by atoms with Crippen LogP contribution in [0.15, 0.2) is 0 Å². The highest BCUT2D eigenvalue weighted by molar-refractivity contribution is 5.05. The largest absolute Gasteiger partial charge is 0.313 e. The van der Waals surface area contributed by atoms with Crippen LogP contribution in [0.25, 0.3) is 0 Å². The third-order valence-corrected chi connectivity index (χ3v) is 4.49. The van der Waals surface area contributed by atoms with Gasteiger partial charge in [0.1, 0.15) is 0 Å². The van der Waals surface area contributed by atoms with Crippen LogP contribution in [0.4, 0.5) is 0 Å². The Balaban J connectivity index is 1.88. The van der Waals surface area contributed by atoms with Crippen molar-refractivity contribution in [1.29, 1.82) is 0 Å². The van der Waals surface area contributed by atoms with Gasteiger partial charge in [-0.1, -0.05) is 33.6 Å². The van der Waals surface area contributed by atoms with Crippen LogP contribution in [0.2, 0.25) is 0 Å². The zero-order valence-corrected chi connectivity index (χ0v) is 10.6. The van der Waals surface area contributed by atoms with E-state index in [1.54, 1.807) is 0 Å². The van der Waals surface area contributed by atoms with Crippen molar-refractivity contribution >= 4 is 0 Å². The van der Waals surface area contributed by atoms with Crippen LogP contribution < -0.4 is 5.32 Å². The molecule has 88 valence electrons. The fourth-order valence-corrected chi connectivity index (χ4v) is 3.71. The van der Waals surface area contributed by atoms with E-state index in [0.717, 1.165) is 29.7 Å². The molecular formula is C14H27N. The van der Waals surface area contributed by atoms with Crippen molar-refractivity contribution in [2.75, 3.05) is 6.54 Å². The highest BCUT2D eigenvalue weighted by Crippen LogP contribution is 2.57. The van der Waals surface area contributed by atoms with Crippen LogP contribution in [-0.2, 0) is 0 Å². The molecule has 0 saturated heterocycles. The van der Waals surface area contributed by atoms with Gasteiger partial charge in [0, 0.05) is 6.04 Å². The van der Waals surface area contributed by atoms with Crippen LogP contribution in [0.5, 0.6) is 0 Å². The summed E-state index contributed by atoms with van der Waals surface area (Å²) >= 11 is 0. The van der Waals surface area contributed by atoms with Gasteiger partial charge < -0.3 is 5.32 Å². The summed E-state index contributed by atoms with van der Waals surface area (Å²) in [6.45, 7) is 8.25. The molecule has 15 heavy (non-hydrogen) atoms. The Morgan fingerprint density at radius 2 is 1.73 bits per heavy atom. The van der Waals surface area contributed by atoms with Crippen LogP contribution in [-0.4, -0.2) is 12.6 Å². The number of hydrogen-bond acceptors (Lipinski definition) is 1. The maximum atomic E-state index is 3.79. The van der Waals surface area contributed by atoms with Gasteiger partial charge >= 0.3 is 0 Å². The zero-order valence-electron chi connectivity index (χ0n) is 10.6. The molecule has 0 aromatic carbocycles. The van der Waals surface area contributed by atoms with Gasteiger partial charge in [-0.2, -0.15) is 0 Å². The monoisotopic (exact) mass is 209 g/mol. The van der Waals surface area contributed by atoms with Crippen molar-refractivity contribution in [1.82, 2.24) is 5.32 Å². The Kier molecular flexibility index (Phi) is 3.71. The predicted octanol–water partition coefficient (Wildman–Crippen LogP) is 3.45. The third-order valence-electron chi connectivity index (χ3n) is 4.49. The van der Waals surface area contributed by atoms with Gasteiger partial charge in [0.25, 0.3) is 0 Å². The fourth-order valence-electron chi connectivity index (χ4n) is 3.71. The first-order valence-electron chi connectivity index (χ1n) is 6.99. The minimum Gasteiger partial charge on any atom is -0.313 e. The molecule has 1 N–H and O–H groups in total. The molecule has 2 aliphatic carbocycles. The second-order valence-electron chi connectivity index (χ2n) is 5.91. The van der Waals surface area contributed by atoms with Gasteiger partial charge in [0.15, 0.2) is 0 Å². The molecule has 0 heterocycles. The predicted molar refractivity (Wildman–Crippen MR) is 65.9 cm³/mol. The fraction of sp³-hybridized carbons (Fsp3) is 1.00. The van der Waals surface area contributed by atoms with Gasteiger partial charge in [-0.15, -0.1) is 0 Å². The minimum atomic E-state index is 0.804. The van der Waals surface area contributed by atoms with E-state index in [2.05, 4.69) is 26.1 Å². The molecule has 3 unspecified atom stereocenters. The molecule has 2 fully saturated rings. The van der Waals surface area contributed by atoms with E-state index in [-0.39, 0.29) is 0 Å². The van der Waals surface area contributed by atoms with Crippen LogP contribution in [0, 0.1) is 23.7 Å². The number of nitrogens with one attached hydrogen (secondary N) is 1. The molecule has 0 amide bonds. The summed E-state index contributed by atoms with van der Waals surface area (Å²) in [5, 5.41) is 3.79. The molecule has 0 bridgehead atoms. The lowest BCUT2D eigenvalue weighted by Crippen LogP contribution is -2.37. The Morgan fingerprint density at radius 3 is 2.20 bits per heavy atom. The second-order valence-corrected chi connectivity index (χ2v) is 5.91. The molecule has 0 aromatic heterocycles. The lowest BCUT2D eigenvalue weighted by molar-refractivity contribution is 0.339. The van der Waals surface area contributed by atoms with E-state index in [0.29, 0.717) is 0 Å². The Morgan fingerprint density at radius 1 is 1.13 bits per heavy atom. The van der Waals surface area contributed by atoms with E-state index >= 15 is 0 Å². The Labute approximate surface area is 95.0 Å². The molecule has 0 aromatic rings. The molecule has 2 aliphatic rings. The Bertz CT molecular complexity index is 188. The van der Waals surface area contributed by atoms with Gasteiger partial charge in [-0.05, 0) is 49.5 Å². The van der Waals surface area contributed by atoms with Gasteiger partial charge in [-0.3, -0.25) is 0 Å². The van der Waals surface area contributed by atoms with Crippen molar-refractivity contribution < 1.29 is 0 Å². The van der Waals surface area contributed by atoms with Crippen molar-refractivity contribution in [2.24, 2.45) is 23.7 Å². The number of hydrogen-bond donors (Lipinski definition) is 1. The summed E-state index contributed by atoms with van der Waals surface area (Å²) in [6.07, 6.45) is 7.30. The summed E-state index contributed by atoms with van der Waals surface area (Å²) in [6, 6.07) is 0.804. The third kappa shape index (κ3) is 2.38. The first-order valence-corrected chi connectivity index (χ1v) is 6.99. The zero-order chi connectivity index (χ0) is 10.8. The lowest BCUT2D eigenvalue weighted by Gasteiger charge is -2.23. The first-order chi connectivity index (χ1) is 7.25. The molecule has 1 nitrogen and oxygen atoms in total. The molecule has 2 rings (SSSR count).